The lowest BCUT2D eigenvalue weighted by Gasteiger charge is -2.14. The number of hydrogen-bond donors (Lipinski definition) is 2. The summed E-state index contributed by atoms with van der Waals surface area (Å²) in [5, 5.41) is 19.9. The van der Waals surface area contributed by atoms with E-state index in [-0.39, 0.29) is 6.61 Å². The van der Waals surface area contributed by atoms with Gasteiger partial charge in [0.15, 0.2) is 16.3 Å². The summed E-state index contributed by atoms with van der Waals surface area (Å²) in [7, 11) is 0. The van der Waals surface area contributed by atoms with Crippen molar-refractivity contribution in [1.82, 2.24) is 19.5 Å². The maximum Gasteiger partial charge on any atom is 0.246 e. The van der Waals surface area contributed by atoms with Gasteiger partial charge in [-0.3, -0.25) is 4.57 Å². The maximum atomic E-state index is 10.1. The Morgan fingerprint density at radius 3 is 2.86 bits per heavy atom. The number of ether oxygens (including phenoxy) is 2. The number of fused-ring (bicyclic) bond motifs is 1. The Labute approximate surface area is 165 Å². The normalized spacial score (nSPS) is 21.9. The van der Waals surface area contributed by atoms with Crippen molar-refractivity contribution in [3.8, 4) is 5.88 Å². The van der Waals surface area contributed by atoms with Crippen LogP contribution < -0.4 is 4.74 Å². The lowest BCUT2D eigenvalue weighted by atomic mass is 10.2. The third-order valence-corrected chi connectivity index (χ3v) is 5.23. The molecule has 0 unspecified atom stereocenters. The topological polar surface area (TPSA) is 103 Å². The van der Waals surface area contributed by atoms with Crippen LogP contribution in [0.1, 0.15) is 12.6 Å². The molecule has 0 spiro atoms. The van der Waals surface area contributed by atoms with E-state index >= 15 is 0 Å². The summed E-state index contributed by atoms with van der Waals surface area (Å²) >= 11 is 1.41. The zero-order valence-corrected chi connectivity index (χ0v) is 15.8. The molecule has 3 heterocycles. The van der Waals surface area contributed by atoms with Crippen LogP contribution in [0.2, 0.25) is 0 Å². The number of hydrogen-bond acceptors (Lipinski definition) is 8. The van der Waals surface area contributed by atoms with Crippen LogP contribution in [-0.2, 0) is 4.74 Å². The van der Waals surface area contributed by atoms with Crippen LogP contribution in [0.5, 0.6) is 5.88 Å². The molecular formula is C19H20N4O4S. The molecule has 1 fully saturated rings. The van der Waals surface area contributed by atoms with E-state index in [9.17, 15) is 10.2 Å². The molecule has 3 atom stereocenters. The Kier molecular flexibility index (Phi) is 5.58. The molecule has 1 aliphatic rings. The lowest BCUT2D eigenvalue weighted by molar-refractivity contribution is -0.0432. The molecule has 2 aromatic heterocycles. The molecule has 0 saturated carbocycles. The van der Waals surface area contributed by atoms with Gasteiger partial charge < -0.3 is 19.7 Å². The third-order valence-electron chi connectivity index (χ3n) is 4.35. The average Bonchev–Trinajstić information content (AvgIpc) is 3.30. The van der Waals surface area contributed by atoms with Crippen molar-refractivity contribution in [3.63, 3.8) is 0 Å². The van der Waals surface area contributed by atoms with Crippen molar-refractivity contribution < 1.29 is 19.7 Å². The van der Waals surface area contributed by atoms with Crippen LogP contribution in [0.3, 0.4) is 0 Å². The Morgan fingerprint density at radius 1 is 1.32 bits per heavy atom. The minimum Gasteiger partial charge on any atom is -0.472 e. The standard InChI is InChI=1S/C19H20N4O4S/c1-2-8-26-18-16-17(21-19(22-18)28-12-6-4-3-5-7-12)23(11-20-16)15-9-13(25)14(10-24)27-15/h2-7,11,13-15,24-25H,1,8-10H2/t13-,14+,15+/m1/s1. The molecule has 1 aromatic carbocycles. The third kappa shape index (κ3) is 3.74. The first kappa shape index (κ1) is 18.9. The molecule has 146 valence electrons. The van der Waals surface area contributed by atoms with E-state index in [1.165, 1.54) is 11.8 Å². The lowest BCUT2D eigenvalue weighted by Crippen LogP contribution is -2.24. The predicted octanol–water partition coefficient (Wildman–Crippen LogP) is 2.18. The Balaban J connectivity index is 1.73. The van der Waals surface area contributed by atoms with Gasteiger partial charge in [0.05, 0.1) is 19.0 Å². The van der Waals surface area contributed by atoms with Gasteiger partial charge >= 0.3 is 0 Å². The fourth-order valence-electron chi connectivity index (χ4n) is 3.01. The number of benzene rings is 1. The SMILES string of the molecule is C=CCOc1nc(Sc2ccccc2)nc2c1ncn2[C@@H]1C[C@@H](O)[C@H](CO)O1. The molecule has 0 radical (unpaired) electrons. The molecule has 0 amide bonds. The van der Waals surface area contributed by atoms with E-state index in [0.717, 1.165) is 4.90 Å². The summed E-state index contributed by atoms with van der Waals surface area (Å²) < 4.78 is 13.2. The monoisotopic (exact) mass is 400 g/mol. The van der Waals surface area contributed by atoms with Crippen molar-refractivity contribution in [2.24, 2.45) is 0 Å². The van der Waals surface area contributed by atoms with E-state index < -0.39 is 18.4 Å². The highest BCUT2D eigenvalue weighted by molar-refractivity contribution is 7.99. The molecule has 28 heavy (non-hydrogen) atoms. The van der Waals surface area contributed by atoms with Gasteiger partial charge in [0.1, 0.15) is 18.9 Å². The molecule has 1 saturated heterocycles. The molecule has 0 bridgehead atoms. The molecule has 4 rings (SSSR count). The van der Waals surface area contributed by atoms with Crippen LogP contribution in [0.4, 0.5) is 0 Å². The summed E-state index contributed by atoms with van der Waals surface area (Å²) in [6, 6.07) is 9.79. The van der Waals surface area contributed by atoms with E-state index in [4.69, 9.17) is 9.47 Å². The van der Waals surface area contributed by atoms with Crippen LogP contribution in [-0.4, -0.2) is 55.2 Å². The Morgan fingerprint density at radius 2 is 2.14 bits per heavy atom. The van der Waals surface area contributed by atoms with Gasteiger partial charge in [-0.15, -0.1) is 0 Å². The summed E-state index contributed by atoms with van der Waals surface area (Å²) in [6.07, 6.45) is 1.72. The van der Waals surface area contributed by atoms with Gasteiger partial charge in [-0.05, 0) is 23.9 Å². The molecule has 1 aliphatic heterocycles. The van der Waals surface area contributed by atoms with Gasteiger partial charge in [-0.25, -0.2) is 9.97 Å². The van der Waals surface area contributed by atoms with E-state index in [0.29, 0.717) is 35.2 Å². The molecular weight excluding hydrogens is 380 g/mol. The fraction of sp³-hybridized carbons (Fsp3) is 0.316. The van der Waals surface area contributed by atoms with Crippen molar-refractivity contribution in [2.45, 2.75) is 34.9 Å². The minimum absolute atomic E-state index is 0.248. The Bertz CT molecular complexity index is 965. The van der Waals surface area contributed by atoms with E-state index in [1.54, 1.807) is 17.0 Å². The summed E-state index contributed by atoms with van der Waals surface area (Å²) in [4.78, 5) is 14.5. The van der Waals surface area contributed by atoms with Crippen LogP contribution in [0.15, 0.2) is 59.4 Å². The zero-order valence-electron chi connectivity index (χ0n) is 15.0. The van der Waals surface area contributed by atoms with Crippen LogP contribution >= 0.6 is 11.8 Å². The van der Waals surface area contributed by atoms with Crippen molar-refractivity contribution in [2.75, 3.05) is 13.2 Å². The second-order valence-corrected chi connectivity index (χ2v) is 7.31. The Hall–Kier alpha value is -2.46. The molecule has 8 nitrogen and oxygen atoms in total. The molecule has 3 aromatic rings. The zero-order chi connectivity index (χ0) is 19.5. The number of aliphatic hydroxyl groups is 2. The highest BCUT2D eigenvalue weighted by Crippen LogP contribution is 2.34. The number of aromatic nitrogens is 4. The molecule has 9 heteroatoms. The van der Waals surface area contributed by atoms with Gasteiger partial charge in [0, 0.05) is 11.3 Å². The molecule has 2 N–H and O–H groups in total. The average molecular weight is 400 g/mol. The summed E-state index contributed by atoms with van der Waals surface area (Å²) in [6.45, 7) is 3.71. The first-order valence-electron chi connectivity index (χ1n) is 8.85. The second kappa shape index (κ2) is 8.27. The van der Waals surface area contributed by atoms with Crippen molar-refractivity contribution in [3.05, 3.63) is 49.3 Å². The number of rotatable bonds is 7. The molecule has 0 aliphatic carbocycles. The highest BCUT2D eigenvalue weighted by atomic mass is 32.2. The predicted molar refractivity (Wildman–Crippen MR) is 103 cm³/mol. The van der Waals surface area contributed by atoms with Gasteiger partial charge in [0.2, 0.25) is 5.88 Å². The van der Waals surface area contributed by atoms with Crippen molar-refractivity contribution in [1.29, 1.82) is 0 Å². The van der Waals surface area contributed by atoms with Crippen LogP contribution in [0, 0.1) is 0 Å². The number of nitrogens with zero attached hydrogens (tertiary/aromatic N) is 4. The van der Waals surface area contributed by atoms with E-state index in [1.807, 2.05) is 30.3 Å². The van der Waals surface area contributed by atoms with Gasteiger partial charge in [-0.1, -0.05) is 30.9 Å². The maximum absolute atomic E-state index is 10.1. The quantitative estimate of drug-likeness (QED) is 0.460. The smallest absolute Gasteiger partial charge is 0.246 e. The van der Waals surface area contributed by atoms with Crippen molar-refractivity contribution >= 4 is 22.9 Å². The minimum atomic E-state index is -0.746. The number of imidazole rings is 1. The second-order valence-electron chi connectivity index (χ2n) is 6.26. The largest absolute Gasteiger partial charge is 0.472 e. The summed E-state index contributed by atoms with van der Waals surface area (Å²) in [5.74, 6) is 0.360. The fourth-order valence-corrected chi connectivity index (χ4v) is 3.78. The first-order valence-corrected chi connectivity index (χ1v) is 9.66. The van der Waals surface area contributed by atoms with Crippen LogP contribution in [0.25, 0.3) is 11.2 Å². The highest BCUT2D eigenvalue weighted by Gasteiger charge is 2.35. The first-order chi connectivity index (χ1) is 13.7. The van der Waals surface area contributed by atoms with Gasteiger partial charge in [0.25, 0.3) is 0 Å². The number of aliphatic hydroxyl groups excluding tert-OH is 2. The van der Waals surface area contributed by atoms with Gasteiger partial charge in [-0.2, -0.15) is 4.98 Å². The van der Waals surface area contributed by atoms with E-state index in [2.05, 4.69) is 21.5 Å². The summed E-state index contributed by atoms with van der Waals surface area (Å²) in [5.41, 5.74) is 1.05.